The quantitative estimate of drug-likeness (QED) is 0.812. The van der Waals surface area contributed by atoms with Crippen LogP contribution in [0.1, 0.15) is 18.1 Å². The van der Waals surface area contributed by atoms with Gasteiger partial charge in [0.05, 0.1) is 11.6 Å². The molecule has 3 nitrogen and oxygen atoms in total. The van der Waals surface area contributed by atoms with Gasteiger partial charge in [-0.15, -0.1) is 0 Å². The third kappa shape index (κ3) is 2.90. The van der Waals surface area contributed by atoms with Gasteiger partial charge in [-0.05, 0) is 37.7 Å². The fourth-order valence-corrected chi connectivity index (χ4v) is 2.85. The summed E-state index contributed by atoms with van der Waals surface area (Å²) in [5.41, 5.74) is 1.99. The molecule has 1 aromatic carbocycles. The highest BCUT2D eigenvalue weighted by molar-refractivity contribution is 5.32. The molecule has 1 fully saturated rings. The molecule has 3 heteroatoms. The molecule has 0 saturated carbocycles. The van der Waals surface area contributed by atoms with Crippen molar-refractivity contribution in [2.24, 2.45) is 5.92 Å². The van der Waals surface area contributed by atoms with E-state index >= 15 is 0 Å². The predicted octanol–water partition coefficient (Wildman–Crippen LogP) is 1.94. The summed E-state index contributed by atoms with van der Waals surface area (Å²) in [5.74, 6) is 0.708. The average Bonchev–Trinajstić information content (AvgIpc) is 2.70. The lowest BCUT2D eigenvalue weighted by atomic mass is 10.1. The summed E-state index contributed by atoms with van der Waals surface area (Å²) < 4.78 is 0. The van der Waals surface area contributed by atoms with Crippen molar-refractivity contribution in [3.05, 3.63) is 35.4 Å². The summed E-state index contributed by atoms with van der Waals surface area (Å²) in [6.07, 6.45) is 0. The van der Waals surface area contributed by atoms with E-state index in [0.717, 1.165) is 25.2 Å². The number of likely N-dealkylation sites (tertiary alicyclic amines) is 1. The molecule has 0 bridgehead atoms. The Morgan fingerprint density at radius 2 is 2.17 bits per heavy atom. The van der Waals surface area contributed by atoms with Crippen LogP contribution in [-0.2, 0) is 6.54 Å². The zero-order valence-corrected chi connectivity index (χ0v) is 11.4. The minimum absolute atomic E-state index is 0.643. The van der Waals surface area contributed by atoms with Crippen molar-refractivity contribution in [3.8, 4) is 6.07 Å². The van der Waals surface area contributed by atoms with Crippen LogP contribution in [0, 0.1) is 17.2 Å². The van der Waals surface area contributed by atoms with Crippen molar-refractivity contribution in [3.63, 3.8) is 0 Å². The van der Waals surface area contributed by atoms with Gasteiger partial charge in [0, 0.05) is 25.7 Å². The largest absolute Gasteiger partial charge is 0.305 e. The van der Waals surface area contributed by atoms with E-state index in [-0.39, 0.29) is 0 Å². The second-order valence-corrected chi connectivity index (χ2v) is 5.51. The van der Waals surface area contributed by atoms with Crippen LogP contribution in [0.15, 0.2) is 24.3 Å². The van der Waals surface area contributed by atoms with Gasteiger partial charge in [-0.1, -0.05) is 19.1 Å². The van der Waals surface area contributed by atoms with Gasteiger partial charge in [0.25, 0.3) is 0 Å². The highest BCUT2D eigenvalue weighted by atomic mass is 15.2. The summed E-state index contributed by atoms with van der Waals surface area (Å²) in [5, 5.41) is 8.91. The van der Waals surface area contributed by atoms with Crippen molar-refractivity contribution >= 4 is 0 Å². The van der Waals surface area contributed by atoms with Crippen LogP contribution in [0.4, 0.5) is 0 Å². The fraction of sp³-hybridized carbons (Fsp3) is 0.533. The lowest BCUT2D eigenvalue weighted by molar-refractivity contribution is 0.250. The van der Waals surface area contributed by atoms with Gasteiger partial charge >= 0.3 is 0 Å². The Balaban J connectivity index is 2.01. The molecular formula is C15H21N3. The summed E-state index contributed by atoms with van der Waals surface area (Å²) in [4.78, 5) is 4.79. The Morgan fingerprint density at radius 1 is 1.39 bits per heavy atom. The van der Waals surface area contributed by atoms with Crippen molar-refractivity contribution in [1.82, 2.24) is 9.80 Å². The van der Waals surface area contributed by atoms with Crippen molar-refractivity contribution in [1.29, 1.82) is 5.26 Å². The summed E-state index contributed by atoms with van der Waals surface area (Å²) in [6.45, 7) is 5.52. The Morgan fingerprint density at radius 3 is 2.78 bits per heavy atom. The molecular weight excluding hydrogens is 222 g/mol. The molecule has 0 spiro atoms. The van der Waals surface area contributed by atoms with E-state index in [4.69, 9.17) is 5.26 Å². The van der Waals surface area contributed by atoms with E-state index in [2.05, 4.69) is 43.0 Å². The van der Waals surface area contributed by atoms with Gasteiger partial charge in [0.1, 0.15) is 0 Å². The number of likely N-dealkylation sites (N-methyl/N-ethyl adjacent to an activating group) is 1. The van der Waals surface area contributed by atoms with Crippen molar-refractivity contribution in [2.45, 2.75) is 19.5 Å². The molecule has 0 aliphatic carbocycles. The van der Waals surface area contributed by atoms with Crippen LogP contribution in [0.25, 0.3) is 0 Å². The highest BCUT2D eigenvalue weighted by Gasteiger charge is 2.30. The fourth-order valence-electron chi connectivity index (χ4n) is 2.85. The number of benzene rings is 1. The Bertz CT molecular complexity index is 447. The minimum atomic E-state index is 0.643. The Kier molecular flexibility index (Phi) is 4.00. The SMILES string of the molecule is CC1CN(Cc2cccc(C#N)c2)CC1N(C)C. The standard InChI is InChI=1S/C15H21N3/c1-12-9-18(11-15(12)17(2)3)10-14-6-4-5-13(7-14)8-16/h4-7,12,15H,9-11H2,1-3H3. The van der Waals surface area contributed by atoms with Crippen LogP contribution in [0.2, 0.25) is 0 Å². The van der Waals surface area contributed by atoms with Crippen molar-refractivity contribution in [2.75, 3.05) is 27.2 Å². The van der Waals surface area contributed by atoms with Gasteiger partial charge in [0.2, 0.25) is 0 Å². The van der Waals surface area contributed by atoms with Crippen LogP contribution >= 0.6 is 0 Å². The van der Waals surface area contributed by atoms with E-state index in [0.29, 0.717) is 12.0 Å². The Labute approximate surface area is 110 Å². The zero-order chi connectivity index (χ0) is 13.1. The maximum absolute atomic E-state index is 8.91. The van der Waals surface area contributed by atoms with Crippen molar-refractivity contribution < 1.29 is 0 Å². The summed E-state index contributed by atoms with van der Waals surface area (Å²) in [7, 11) is 4.31. The van der Waals surface area contributed by atoms with E-state index in [1.54, 1.807) is 0 Å². The third-order valence-corrected chi connectivity index (χ3v) is 3.77. The van der Waals surface area contributed by atoms with Gasteiger partial charge < -0.3 is 4.90 Å². The third-order valence-electron chi connectivity index (χ3n) is 3.77. The molecule has 18 heavy (non-hydrogen) atoms. The molecule has 0 radical (unpaired) electrons. The first-order chi connectivity index (χ1) is 8.60. The molecule has 96 valence electrons. The van der Waals surface area contributed by atoms with Crippen LogP contribution in [0.5, 0.6) is 0 Å². The van der Waals surface area contributed by atoms with Gasteiger partial charge in [-0.25, -0.2) is 0 Å². The first-order valence-corrected chi connectivity index (χ1v) is 6.48. The molecule has 0 aromatic heterocycles. The maximum Gasteiger partial charge on any atom is 0.0991 e. The molecule has 1 aromatic rings. The summed E-state index contributed by atoms with van der Waals surface area (Å²) >= 11 is 0. The molecule has 1 aliphatic heterocycles. The first-order valence-electron chi connectivity index (χ1n) is 6.48. The lowest BCUT2D eigenvalue weighted by Gasteiger charge is -2.22. The van der Waals surface area contributed by atoms with Crippen LogP contribution in [-0.4, -0.2) is 43.0 Å². The topological polar surface area (TPSA) is 30.3 Å². The summed E-state index contributed by atoms with van der Waals surface area (Å²) in [6, 6.07) is 10.8. The second-order valence-electron chi connectivity index (χ2n) is 5.51. The molecule has 1 heterocycles. The number of hydrogen-bond donors (Lipinski definition) is 0. The second kappa shape index (κ2) is 5.51. The van der Waals surface area contributed by atoms with Gasteiger partial charge in [0.15, 0.2) is 0 Å². The first kappa shape index (κ1) is 13.1. The predicted molar refractivity (Wildman–Crippen MR) is 73.1 cm³/mol. The minimum Gasteiger partial charge on any atom is -0.305 e. The smallest absolute Gasteiger partial charge is 0.0991 e. The number of nitriles is 1. The molecule has 2 unspecified atom stereocenters. The maximum atomic E-state index is 8.91. The normalized spacial score (nSPS) is 24.4. The van der Waals surface area contributed by atoms with Crippen LogP contribution < -0.4 is 0 Å². The number of rotatable bonds is 3. The van der Waals surface area contributed by atoms with E-state index in [1.165, 1.54) is 5.56 Å². The van der Waals surface area contributed by atoms with Gasteiger partial charge in [-0.2, -0.15) is 5.26 Å². The average molecular weight is 243 g/mol. The molecule has 2 rings (SSSR count). The Hall–Kier alpha value is -1.37. The van der Waals surface area contributed by atoms with Gasteiger partial charge in [-0.3, -0.25) is 4.90 Å². The molecule has 0 amide bonds. The number of hydrogen-bond acceptors (Lipinski definition) is 3. The molecule has 1 aliphatic rings. The zero-order valence-electron chi connectivity index (χ0n) is 11.4. The molecule has 2 atom stereocenters. The monoisotopic (exact) mass is 243 g/mol. The highest BCUT2D eigenvalue weighted by Crippen LogP contribution is 2.21. The van der Waals surface area contributed by atoms with E-state index < -0.39 is 0 Å². The van der Waals surface area contributed by atoms with Crippen LogP contribution in [0.3, 0.4) is 0 Å². The molecule has 0 N–H and O–H groups in total. The lowest BCUT2D eigenvalue weighted by Crippen LogP contribution is -2.34. The number of nitrogens with zero attached hydrogens (tertiary/aromatic N) is 3. The van der Waals surface area contributed by atoms with E-state index in [1.807, 2.05) is 18.2 Å². The molecule has 1 saturated heterocycles. The van der Waals surface area contributed by atoms with E-state index in [9.17, 15) is 0 Å².